The summed E-state index contributed by atoms with van der Waals surface area (Å²) in [6, 6.07) is 0. The van der Waals surface area contributed by atoms with Crippen LogP contribution < -0.4 is 0 Å². The van der Waals surface area contributed by atoms with Crippen molar-refractivity contribution < 1.29 is 80.2 Å². The van der Waals surface area contributed by atoms with Gasteiger partial charge in [0.05, 0.1) is 26.4 Å². The third-order valence-electron chi connectivity index (χ3n) is 16.7. The second kappa shape index (κ2) is 79.5. The number of unbranched alkanes of at least 4 members (excludes halogenated alkanes) is 22. The molecule has 5 unspecified atom stereocenters. The van der Waals surface area contributed by atoms with Gasteiger partial charge in [-0.1, -0.05) is 288 Å². The van der Waals surface area contributed by atoms with E-state index >= 15 is 0 Å². The molecule has 0 amide bonds. The Bertz CT molecular complexity index is 2710. The molecule has 0 saturated carbocycles. The molecule has 0 spiro atoms. The molecule has 0 fully saturated rings. The van der Waals surface area contributed by atoms with Crippen LogP contribution in [0.25, 0.3) is 0 Å². The second-order valence-electron chi connectivity index (χ2n) is 26.9. The highest BCUT2D eigenvalue weighted by molar-refractivity contribution is 7.47. The summed E-state index contributed by atoms with van der Waals surface area (Å²) in [6.07, 6.45) is 94.7. The molecule has 0 radical (unpaired) electrons. The quantitative estimate of drug-likeness (QED) is 0.0169. The Hall–Kier alpha value is -5.58. The van der Waals surface area contributed by atoms with Gasteiger partial charge in [0.1, 0.15) is 19.3 Å². The number of aliphatic hydroxyl groups excluding tert-OH is 1. The van der Waals surface area contributed by atoms with E-state index in [1.165, 1.54) is 38.5 Å². The van der Waals surface area contributed by atoms with E-state index in [2.05, 4.69) is 180 Å². The molecule has 0 bridgehead atoms. The van der Waals surface area contributed by atoms with Gasteiger partial charge in [-0.3, -0.25) is 37.3 Å². The topological polar surface area (TPSA) is 237 Å². The van der Waals surface area contributed by atoms with E-state index in [0.29, 0.717) is 32.1 Å². The maximum absolute atomic E-state index is 13.1. The van der Waals surface area contributed by atoms with Crippen LogP contribution in [0.4, 0.5) is 0 Å². The summed E-state index contributed by atoms with van der Waals surface area (Å²) in [5, 5.41) is 10.7. The SMILES string of the molecule is CC/C=C\C/C=C\C/C=C\C/C=C\C/C=C\C/C=C\CCC(=O)OCC(COP(=O)(O)OCC(O)COP(=O)(O)OCC(COC(=O)CCCCCCC/C=C\C/C=C\CCCCC)OC(=O)CCCCCCC/C=C\C/C=C\CCCCC)OC(=O)CCCCCCCC/C=C\C/C=C\C/C=C\C/C=C\CC. The molecule has 0 aromatic heterocycles. The number of aliphatic hydroxyl groups is 1. The zero-order valence-corrected chi connectivity index (χ0v) is 69.0. The fraction of sp³-hybridized carbons (Fsp3) is 0.640. The van der Waals surface area contributed by atoms with E-state index < -0.39 is 97.5 Å². The smallest absolute Gasteiger partial charge is 0.462 e. The van der Waals surface area contributed by atoms with Crippen LogP contribution in [0.1, 0.15) is 310 Å². The van der Waals surface area contributed by atoms with Gasteiger partial charge < -0.3 is 33.8 Å². The number of hydrogen-bond acceptors (Lipinski definition) is 15. The molecule has 108 heavy (non-hydrogen) atoms. The minimum Gasteiger partial charge on any atom is -0.462 e. The van der Waals surface area contributed by atoms with E-state index in [1.54, 1.807) is 0 Å². The Morgan fingerprint density at radius 3 is 0.796 bits per heavy atom. The number of phosphoric acid groups is 2. The Morgan fingerprint density at radius 1 is 0.269 bits per heavy atom. The van der Waals surface area contributed by atoms with E-state index in [4.69, 9.17) is 37.0 Å². The van der Waals surface area contributed by atoms with E-state index in [1.807, 2.05) is 18.2 Å². The van der Waals surface area contributed by atoms with E-state index in [9.17, 15) is 43.2 Å². The Labute approximate surface area is 654 Å². The Balaban J connectivity index is 5.49. The number of hydrogen-bond donors (Lipinski definition) is 3. The molecular weight excluding hydrogens is 1400 g/mol. The van der Waals surface area contributed by atoms with Crippen molar-refractivity contribution in [2.75, 3.05) is 39.6 Å². The van der Waals surface area contributed by atoms with Crippen molar-refractivity contribution in [3.05, 3.63) is 170 Å². The van der Waals surface area contributed by atoms with Crippen molar-refractivity contribution in [2.24, 2.45) is 0 Å². The molecule has 0 aliphatic heterocycles. The highest BCUT2D eigenvalue weighted by atomic mass is 31.2. The van der Waals surface area contributed by atoms with Gasteiger partial charge >= 0.3 is 39.5 Å². The summed E-state index contributed by atoms with van der Waals surface area (Å²) in [7, 11) is -10.0. The number of carbonyl (C=O) groups excluding carboxylic acids is 4. The Kier molecular flexibility index (Phi) is 75.4. The summed E-state index contributed by atoms with van der Waals surface area (Å²) < 4.78 is 68.6. The molecule has 5 atom stereocenters. The predicted octanol–water partition coefficient (Wildman–Crippen LogP) is 24.6. The minimum atomic E-state index is -5.01. The summed E-state index contributed by atoms with van der Waals surface area (Å²) in [5.74, 6) is -2.33. The average Bonchev–Trinajstić information content (AvgIpc) is 0.896. The van der Waals surface area contributed by atoms with Crippen LogP contribution in [0.5, 0.6) is 0 Å². The van der Waals surface area contributed by atoms with Crippen LogP contribution in [-0.4, -0.2) is 96.7 Å². The van der Waals surface area contributed by atoms with Gasteiger partial charge in [-0.15, -0.1) is 0 Å². The van der Waals surface area contributed by atoms with Crippen LogP contribution in [0.2, 0.25) is 0 Å². The van der Waals surface area contributed by atoms with Crippen molar-refractivity contribution in [2.45, 2.75) is 329 Å². The van der Waals surface area contributed by atoms with Gasteiger partial charge in [-0.05, 0) is 167 Å². The molecule has 17 nitrogen and oxygen atoms in total. The van der Waals surface area contributed by atoms with Gasteiger partial charge in [-0.2, -0.15) is 0 Å². The molecule has 0 aliphatic carbocycles. The Morgan fingerprint density at radius 2 is 0.500 bits per heavy atom. The molecule has 0 heterocycles. The minimum absolute atomic E-state index is 0.0263. The molecule has 19 heteroatoms. The van der Waals surface area contributed by atoms with Crippen LogP contribution in [0.3, 0.4) is 0 Å². The second-order valence-corrected chi connectivity index (χ2v) is 29.8. The zero-order chi connectivity index (χ0) is 78.9. The predicted molar refractivity (Wildman–Crippen MR) is 445 cm³/mol. The molecule has 3 N–H and O–H groups in total. The molecule has 0 rings (SSSR count). The molecule has 0 aliphatic rings. The largest absolute Gasteiger partial charge is 0.472 e. The lowest BCUT2D eigenvalue weighted by Crippen LogP contribution is -2.30. The molecule has 614 valence electrons. The number of rotatable bonds is 76. The van der Waals surface area contributed by atoms with Gasteiger partial charge in [-0.25, -0.2) is 9.13 Å². The van der Waals surface area contributed by atoms with Crippen molar-refractivity contribution in [3.8, 4) is 0 Å². The van der Waals surface area contributed by atoms with Gasteiger partial charge in [0.25, 0.3) is 0 Å². The monoisotopic (exact) mass is 1550 g/mol. The first kappa shape index (κ1) is 102. The lowest BCUT2D eigenvalue weighted by molar-refractivity contribution is -0.161. The number of carbonyl (C=O) groups is 4. The normalized spacial score (nSPS) is 14.7. The molecule has 0 saturated heterocycles. The van der Waals surface area contributed by atoms with Gasteiger partial charge in [0, 0.05) is 25.7 Å². The first-order valence-corrected chi connectivity index (χ1v) is 44.4. The maximum atomic E-state index is 13.1. The van der Waals surface area contributed by atoms with Crippen molar-refractivity contribution in [1.29, 1.82) is 0 Å². The summed E-state index contributed by atoms with van der Waals surface area (Å²) in [5.41, 5.74) is 0. The third kappa shape index (κ3) is 78.5. The lowest BCUT2D eigenvalue weighted by Gasteiger charge is -2.21. The summed E-state index contributed by atoms with van der Waals surface area (Å²) in [4.78, 5) is 73.1. The van der Waals surface area contributed by atoms with Crippen LogP contribution in [0, 0.1) is 0 Å². The summed E-state index contributed by atoms with van der Waals surface area (Å²) in [6.45, 7) is 4.47. The molecule has 0 aromatic rings. The number of esters is 4. The average molecular weight is 1550 g/mol. The number of ether oxygens (including phenoxy) is 4. The van der Waals surface area contributed by atoms with Crippen molar-refractivity contribution in [3.63, 3.8) is 0 Å². The van der Waals surface area contributed by atoms with Gasteiger partial charge in [0.2, 0.25) is 0 Å². The first-order valence-electron chi connectivity index (χ1n) is 41.4. The lowest BCUT2D eigenvalue weighted by atomic mass is 10.1. The maximum Gasteiger partial charge on any atom is 0.472 e. The van der Waals surface area contributed by atoms with E-state index in [-0.39, 0.29) is 25.7 Å². The van der Waals surface area contributed by atoms with Crippen LogP contribution in [0.15, 0.2) is 170 Å². The zero-order valence-electron chi connectivity index (χ0n) is 67.2. The fourth-order valence-electron chi connectivity index (χ4n) is 10.4. The highest BCUT2D eigenvalue weighted by Gasteiger charge is 2.30. The van der Waals surface area contributed by atoms with Crippen LogP contribution in [-0.2, 0) is 65.4 Å². The molecular formula is C89H146O17P2. The van der Waals surface area contributed by atoms with Crippen LogP contribution >= 0.6 is 15.6 Å². The highest BCUT2D eigenvalue weighted by Crippen LogP contribution is 2.45. The number of phosphoric ester groups is 2. The van der Waals surface area contributed by atoms with Gasteiger partial charge in [0.15, 0.2) is 12.2 Å². The fourth-order valence-corrected chi connectivity index (χ4v) is 12.0. The number of allylic oxidation sites excluding steroid dienone is 28. The third-order valence-corrected chi connectivity index (χ3v) is 18.6. The van der Waals surface area contributed by atoms with Crippen molar-refractivity contribution in [1.82, 2.24) is 0 Å². The van der Waals surface area contributed by atoms with E-state index in [0.717, 1.165) is 186 Å². The first-order chi connectivity index (χ1) is 52.7. The van der Waals surface area contributed by atoms with Crippen molar-refractivity contribution >= 4 is 39.5 Å². The standard InChI is InChI=1S/C89H146O17P2/c1-5-9-13-17-21-25-29-33-37-39-41-43-47-50-54-58-62-66-70-74-87(92)100-80-85(106-89(94)76-72-68-64-60-56-52-48-44-42-40-38-34-30-26-22-18-14-10-6-2)82-104-108(97,98)102-78-83(90)77-101-107(95,96)103-81-84(105-88(93)75-71-67-63-59-55-51-46-36-32-28-24-20-16-12-8-4)79-99-86(91)73-69-65-61-57-53-49-45-35-31-27-23-19-15-11-7-3/h9-10,13-14,21-28,33-38,41-46,50,54,62,66,83-85,90H,5-8,11-12,15-20,29-32,39-40,47-49,51-53,55-61,63-65,67-82H2,1-4H3,(H,95,96)(H,97,98)/b13-9-,14-10-,25-21-,26-22-,27-23-,28-24-,37-33-,38-34-,43-41-,44-42-,45-35-,46-36-,54-50-,66-62-. The summed E-state index contributed by atoms with van der Waals surface area (Å²) >= 11 is 0. The molecule has 0 aromatic carbocycles.